The fraction of sp³-hybridized carbons (Fsp3) is 0. The van der Waals surface area contributed by atoms with Gasteiger partial charge in [0, 0.05) is 5.56 Å². The van der Waals surface area contributed by atoms with Crippen LogP contribution in [0.1, 0.15) is 10.4 Å². The number of H-pyrrole nitrogens is 1. The summed E-state index contributed by atoms with van der Waals surface area (Å²) in [6.45, 7) is 0. The highest BCUT2D eigenvalue weighted by molar-refractivity contribution is 6.31. The van der Waals surface area contributed by atoms with Crippen molar-refractivity contribution < 1.29 is 9.18 Å². The van der Waals surface area contributed by atoms with Crippen LogP contribution < -0.4 is 0 Å². The Bertz CT molecular complexity index is 510. The van der Waals surface area contributed by atoms with Gasteiger partial charge in [-0.2, -0.15) is 5.10 Å². The van der Waals surface area contributed by atoms with Crippen molar-refractivity contribution in [3.63, 3.8) is 0 Å². The molecule has 0 atom stereocenters. The van der Waals surface area contributed by atoms with Crippen LogP contribution in [0.3, 0.4) is 0 Å². The predicted octanol–water partition coefficient (Wildman–Crippen LogP) is 2.68. The Morgan fingerprint density at radius 2 is 2.27 bits per heavy atom. The molecule has 1 aromatic carbocycles. The lowest BCUT2D eigenvalue weighted by Crippen LogP contribution is -1.85. The van der Waals surface area contributed by atoms with E-state index >= 15 is 0 Å². The summed E-state index contributed by atoms with van der Waals surface area (Å²) in [5, 5.41) is 6.40. The molecule has 0 unspecified atom stereocenters. The van der Waals surface area contributed by atoms with E-state index in [1.807, 2.05) is 0 Å². The van der Waals surface area contributed by atoms with Crippen LogP contribution >= 0.6 is 11.6 Å². The van der Waals surface area contributed by atoms with E-state index in [-0.39, 0.29) is 5.02 Å². The van der Waals surface area contributed by atoms with E-state index in [9.17, 15) is 9.18 Å². The molecule has 0 spiro atoms. The molecule has 0 bridgehead atoms. The van der Waals surface area contributed by atoms with Gasteiger partial charge >= 0.3 is 0 Å². The second kappa shape index (κ2) is 3.82. The van der Waals surface area contributed by atoms with Crippen LogP contribution in [0, 0.1) is 5.82 Å². The Kier molecular flexibility index (Phi) is 2.51. The first-order chi connectivity index (χ1) is 7.22. The van der Waals surface area contributed by atoms with E-state index in [0.29, 0.717) is 23.1 Å². The Morgan fingerprint density at radius 3 is 2.93 bits per heavy atom. The first kappa shape index (κ1) is 9.86. The minimum Gasteiger partial charge on any atom is -0.298 e. The molecule has 5 heteroatoms. The van der Waals surface area contributed by atoms with Gasteiger partial charge in [0.15, 0.2) is 6.29 Å². The SMILES string of the molecule is O=Cc1cn[nH]c1-c1ccc(F)c(Cl)c1. The normalized spacial score (nSPS) is 10.3. The van der Waals surface area contributed by atoms with Gasteiger partial charge in [-0.25, -0.2) is 4.39 Å². The molecule has 0 fully saturated rings. The summed E-state index contributed by atoms with van der Waals surface area (Å²) in [7, 11) is 0. The van der Waals surface area contributed by atoms with Gasteiger partial charge in [-0.3, -0.25) is 9.89 Å². The summed E-state index contributed by atoms with van der Waals surface area (Å²) in [5.74, 6) is -0.493. The van der Waals surface area contributed by atoms with Crippen molar-refractivity contribution in [1.82, 2.24) is 10.2 Å². The van der Waals surface area contributed by atoms with E-state index in [4.69, 9.17) is 11.6 Å². The first-order valence-corrected chi connectivity index (χ1v) is 4.54. The lowest BCUT2D eigenvalue weighted by Gasteiger charge is -2.00. The summed E-state index contributed by atoms with van der Waals surface area (Å²) in [4.78, 5) is 10.6. The minimum absolute atomic E-state index is 0.0129. The topological polar surface area (TPSA) is 45.8 Å². The molecule has 15 heavy (non-hydrogen) atoms. The zero-order valence-electron chi connectivity index (χ0n) is 7.50. The van der Waals surface area contributed by atoms with Crippen molar-refractivity contribution in [3.8, 4) is 11.3 Å². The fourth-order valence-corrected chi connectivity index (χ4v) is 1.45. The molecular weight excluding hydrogens is 219 g/mol. The highest BCUT2D eigenvalue weighted by atomic mass is 35.5. The van der Waals surface area contributed by atoms with Gasteiger partial charge in [0.25, 0.3) is 0 Å². The number of aldehydes is 1. The zero-order chi connectivity index (χ0) is 10.8. The zero-order valence-corrected chi connectivity index (χ0v) is 8.25. The molecule has 76 valence electrons. The van der Waals surface area contributed by atoms with E-state index in [1.54, 1.807) is 0 Å². The van der Waals surface area contributed by atoms with Crippen molar-refractivity contribution in [2.45, 2.75) is 0 Å². The third kappa shape index (κ3) is 1.76. The number of carbonyl (C=O) groups excluding carboxylic acids is 1. The number of nitrogens with one attached hydrogen (secondary N) is 1. The summed E-state index contributed by atoms with van der Waals surface area (Å²) in [6.07, 6.45) is 2.08. The van der Waals surface area contributed by atoms with Gasteiger partial charge in [-0.1, -0.05) is 11.6 Å². The van der Waals surface area contributed by atoms with Crippen LogP contribution in [-0.2, 0) is 0 Å². The number of aromatic amines is 1. The van der Waals surface area contributed by atoms with Crippen LogP contribution in [0.5, 0.6) is 0 Å². The molecular formula is C10H6ClFN2O. The molecule has 0 radical (unpaired) electrons. The highest BCUT2D eigenvalue weighted by Crippen LogP contribution is 2.24. The number of hydrogen-bond donors (Lipinski definition) is 1. The molecule has 0 aliphatic heterocycles. The van der Waals surface area contributed by atoms with E-state index in [0.717, 1.165) is 0 Å². The highest BCUT2D eigenvalue weighted by Gasteiger charge is 2.08. The third-order valence-electron chi connectivity index (χ3n) is 2.00. The number of rotatable bonds is 2. The number of carbonyl (C=O) groups is 1. The predicted molar refractivity (Wildman–Crippen MR) is 54.4 cm³/mol. The molecule has 0 saturated heterocycles. The summed E-state index contributed by atoms with van der Waals surface area (Å²) >= 11 is 5.63. The van der Waals surface area contributed by atoms with E-state index in [2.05, 4.69) is 10.2 Å². The monoisotopic (exact) mass is 224 g/mol. The number of halogens is 2. The molecule has 0 amide bonds. The van der Waals surface area contributed by atoms with Crippen molar-refractivity contribution in [3.05, 3.63) is 40.8 Å². The smallest absolute Gasteiger partial charge is 0.153 e. The molecule has 1 aromatic heterocycles. The van der Waals surface area contributed by atoms with Gasteiger partial charge in [0.2, 0.25) is 0 Å². The first-order valence-electron chi connectivity index (χ1n) is 4.16. The van der Waals surface area contributed by atoms with Crippen molar-refractivity contribution in [2.75, 3.05) is 0 Å². The Morgan fingerprint density at radius 1 is 1.47 bits per heavy atom. The lowest BCUT2D eigenvalue weighted by molar-refractivity contribution is 0.112. The van der Waals surface area contributed by atoms with Crippen LogP contribution in [0.2, 0.25) is 5.02 Å². The van der Waals surface area contributed by atoms with Crippen molar-refractivity contribution in [1.29, 1.82) is 0 Å². The molecule has 0 saturated carbocycles. The van der Waals surface area contributed by atoms with Gasteiger partial charge in [0.05, 0.1) is 22.5 Å². The Hall–Kier alpha value is -1.68. The van der Waals surface area contributed by atoms with Crippen LogP contribution in [0.4, 0.5) is 4.39 Å². The van der Waals surface area contributed by atoms with Crippen LogP contribution in [0.15, 0.2) is 24.4 Å². The Balaban J connectivity index is 2.54. The molecule has 0 aliphatic rings. The third-order valence-corrected chi connectivity index (χ3v) is 2.29. The number of nitrogens with zero attached hydrogens (tertiary/aromatic N) is 1. The molecule has 0 aliphatic carbocycles. The maximum absolute atomic E-state index is 12.9. The largest absolute Gasteiger partial charge is 0.298 e. The van der Waals surface area contributed by atoms with Crippen molar-refractivity contribution >= 4 is 17.9 Å². The summed E-state index contributed by atoms with van der Waals surface area (Å²) in [6, 6.07) is 4.21. The van der Waals surface area contributed by atoms with Crippen LogP contribution in [0.25, 0.3) is 11.3 Å². The van der Waals surface area contributed by atoms with Gasteiger partial charge in [-0.15, -0.1) is 0 Å². The molecule has 2 rings (SSSR count). The van der Waals surface area contributed by atoms with Gasteiger partial charge in [0.1, 0.15) is 5.82 Å². The van der Waals surface area contributed by atoms with E-state index < -0.39 is 5.82 Å². The second-order valence-electron chi connectivity index (χ2n) is 2.95. The van der Waals surface area contributed by atoms with Crippen LogP contribution in [-0.4, -0.2) is 16.5 Å². The second-order valence-corrected chi connectivity index (χ2v) is 3.35. The summed E-state index contributed by atoms with van der Waals surface area (Å²) < 4.78 is 12.9. The molecule has 1 N–H and O–H groups in total. The maximum Gasteiger partial charge on any atom is 0.153 e. The maximum atomic E-state index is 12.9. The molecule has 1 heterocycles. The summed E-state index contributed by atoms with van der Waals surface area (Å²) in [5.41, 5.74) is 1.57. The average Bonchev–Trinajstić information content (AvgIpc) is 2.70. The van der Waals surface area contributed by atoms with E-state index in [1.165, 1.54) is 24.4 Å². The van der Waals surface area contributed by atoms with Gasteiger partial charge in [-0.05, 0) is 18.2 Å². The number of benzene rings is 1. The standard InChI is InChI=1S/C10H6ClFN2O/c11-8-3-6(1-2-9(8)12)10-7(5-15)4-13-14-10/h1-5H,(H,13,14). The average molecular weight is 225 g/mol. The number of hydrogen-bond acceptors (Lipinski definition) is 2. The number of aromatic nitrogens is 2. The van der Waals surface area contributed by atoms with Crippen molar-refractivity contribution in [2.24, 2.45) is 0 Å². The van der Waals surface area contributed by atoms with Gasteiger partial charge < -0.3 is 0 Å². The minimum atomic E-state index is -0.493. The molecule has 3 nitrogen and oxygen atoms in total. The molecule has 2 aromatic rings. The lowest BCUT2D eigenvalue weighted by atomic mass is 10.1. The Labute approximate surface area is 89.9 Å². The quantitative estimate of drug-likeness (QED) is 0.798. The fourth-order valence-electron chi connectivity index (χ4n) is 1.27.